The van der Waals surface area contributed by atoms with E-state index in [4.69, 9.17) is 0 Å². The molecule has 0 aliphatic rings. The third-order valence-corrected chi connectivity index (χ3v) is 4.50. The van der Waals surface area contributed by atoms with Crippen LogP contribution in [0.2, 0.25) is 0 Å². The van der Waals surface area contributed by atoms with Crippen molar-refractivity contribution in [2.45, 2.75) is 59.5 Å². The molecule has 0 radical (unpaired) electrons. The first kappa shape index (κ1) is 21.6. The summed E-state index contributed by atoms with van der Waals surface area (Å²) in [5.74, 6) is -0.562. The lowest BCUT2D eigenvalue weighted by Gasteiger charge is -2.22. The third-order valence-electron chi connectivity index (χ3n) is 4.50. The second kappa shape index (κ2) is 10.0. The van der Waals surface area contributed by atoms with E-state index in [1.807, 2.05) is 20.8 Å². The summed E-state index contributed by atoms with van der Waals surface area (Å²) in [4.78, 5) is 39.5. The summed E-state index contributed by atoms with van der Waals surface area (Å²) in [5, 5.41) is 8.18. The third kappa shape index (κ3) is 5.18. The van der Waals surface area contributed by atoms with Crippen molar-refractivity contribution >= 4 is 22.6 Å². The van der Waals surface area contributed by atoms with Gasteiger partial charge in [-0.25, -0.2) is 4.68 Å². The minimum atomic E-state index is -0.346. The highest BCUT2D eigenvalue weighted by Gasteiger charge is 2.23. The summed E-state index contributed by atoms with van der Waals surface area (Å²) in [6.45, 7) is 8.45. The van der Waals surface area contributed by atoms with Gasteiger partial charge in [0.1, 0.15) is 0 Å². The van der Waals surface area contributed by atoms with Gasteiger partial charge in [-0.05, 0) is 33.3 Å². The number of hydrogen-bond donors (Lipinski definition) is 1. The number of nitrogens with zero attached hydrogens (tertiary/aromatic N) is 3. The Hall–Kier alpha value is -2.70. The molecule has 1 aromatic heterocycles. The first-order chi connectivity index (χ1) is 13.4. The van der Waals surface area contributed by atoms with E-state index in [0.29, 0.717) is 23.9 Å². The van der Waals surface area contributed by atoms with Gasteiger partial charge in [-0.15, -0.1) is 0 Å². The van der Waals surface area contributed by atoms with Crippen molar-refractivity contribution in [1.29, 1.82) is 0 Å². The van der Waals surface area contributed by atoms with E-state index in [9.17, 15) is 14.4 Å². The lowest BCUT2D eigenvalue weighted by Crippen LogP contribution is -2.43. The number of fused-ring (bicyclic) bond motifs is 1. The predicted octanol–water partition coefficient (Wildman–Crippen LogP) is 2.57. The van der Waals surface area contributed by atoms with Crippen LogP contribution in [0.15, 0.2) is 29.1 Å². The Morgan fingerprint density at radius 2 is 1.82 bits per heavy atom. The molecular formula is C21H30N4O3. The van der Waals surface area contributed by atoms with Gasteiger partial charge in [-0.3, -0.25) is 14.4 Å². The van der Waals surface area contributed by atoms with Crippen LogP contribution in [0.3, 0.4) is 0 Å². The van der Waals surface area contributed by atoms with Crippen molar-refractivity contribution in [3.8, 4) is 0 Å². The first-order valence-corrected chi connectivity index (χ1v) is 9.97. The Balaban J connectivity index is 2.42. The van der Waals surface area contributed by atoms with Crippen LogP contribution >= 0.6 is 0 Å². The molecule has 0 spiro atoms. The fraction of sp³-hybridized carbons (Fsp3) is 0.524. The van der Waals surface area contributed by atoms with Gasteiger partial charge in [-0.1, -0.05) is 38.0 Å². The van der Waals surface area contributed by atoms with Gasteiger partial charge in [0.15, 0.2) is 5.69 Å². The molecule has 152 valence electrons. The molecule has 0 saturated carbocycles. The van der Waals surface area contributed by atoms with E-state index in [0.717, 1.165) is 19.3 Å². The molecule has 7 heteroatoms. The Bertz CT molecular complexity index is 889. The van der Waals surface area contributed by atoms with Crippen LogP contribution in [-0.4, -0.2) is 45.6 Å². The number of likely N-dealkylation sites (N-methyl/N-ethyl adjacent to an activating group) is 1. The van der Waals surface area contributed by atoms with E-state index in [2.05, 4.69) is 17.3 Å². The van der Waals surface area contributed by atoms with Crippen LogP contribution in [-0.2, 0) is 11.3 Å². The van der Waals surface area contributed by atoms with E-state index in [-0.39, 0.29) is 35.7 Å². The maximum absolute atomic E-state index is 13.2. The Labute approximate surface area is 165 Å². The standard InChI is InChI=1S/C21H30N4O3/c1-5-7-10-13-25-20(27)17-12-9-8-11-16(17)19(23-25)21(28)24(6-2)14-18(26)22-15(3)4/h8-9,11-12,15H,5-7,10,13-14H2,1-4H3,(H,22,26). The molecule has 2 aromatic rings. The maximum Gasteiger partial charge on any atom is 0.275 e. The number of benzene rings is 1. The van der Waals surface area contributed by atoms with E-state index in [1.165, 1.54) is 9.58 Å². The zero-order chi connectivity index (χ0) is 20.7. The summed E-state index contributed by atoms with van der Waals surface area (Å²) in [6, 6.07) is 7.01. The van der Waals surface area contributed by atoms with Crippen molar-refractivity contribution < 1.29 is 9.59 Å². The molecule has 28 heavy (non-hydrogen) atoms. The topological polar surface area (TPSA) is 84.3 Å². The molecule has 0 aliphatic heterocycles. The van der Waals surface area contributed by atoms with Crippen LogP contribution in [0.4, 0.5) is 0 Å². The summed E-state index contributed by atoms with van der Waals surface area (Å²) < 4.78 is 1.38. The summed E-state index contributed by atoms with van der Waals surface area (Å²) in [6.07, 6.45) is 2.84. The maximum atomic E-state index is 13.2. The van der Waals surface area contributed by atoms with Crippen molar-refractivity contribution in [3.05, 3.63) is 40.3 Å². The molecule has 1 N–H and O–H groups in total. The summed E-state index contributed by atoms with van der Waals surface area (Å²) in [5.41, 5.74) is 0.0229. The first-order valence-electron chi connectivity index (χ1n) is 9.97. The average Bonchev–Trinajstić information content (AvgIpc) is 2.67. The van der Waals surface area contributed by atoms with E-state index >= 15 is 0 Å². The Kier molecular flexibility index (Phi) is 7.72. The normalized spacial score (nSPS) is 11.0. The van der Waals surface area contributed by atoms with Crippen molar-refractivity contribution in [1.82, 2.24) is 20.0 Å². The molecule has 1 aromatic carbocycles. The Morgan fingerprint density at radius 1 is 1.14 bits per heavy atom. The van der Waals surface area contributed by atoms with Gasteiger partial charge in [0.2, 0.25) is 5.91 Å². The second-order valence-electron chi connectivity index (χ2n) is 7.17. The van der Waals surface area contributed by atoms with Gasteiger partial charge in [0.05, 0.1) is 11.9 Å². The van der Waals surface area contributed by atoms with Crippen molar-refractivity contribution in [2.75, 3.05) is 13.1 Å². The average molecular weight is 386 g/mol. The number of unbranched alkanes of at least 4 members (excludes halogenated alkanes) is 2. The number of carbonyl (C=O) groups is 2. The molecule has 0 fully saturated rings. The minimum Gasteiger partial charge on any atom is -0.352 e. The highest BCUT2D eigenvalue weighted by molar-refractivity contribution is 6.05. The lowest BCUT2D eigenvalue weighted by atomic mass is 10.1. The zero-order valence-corrected chi connectivity index (χ0v) is 17.2. The molecule has 7 nitrogen and oxygen atoms in total. The fourth-order valence-corrected chi connectivity index (χ4v) is 3.07. The smallest absolute Gasteiger partial charge is 0.275 e. The number of hydrogen-bond acceptors (Lipinski definition) is 4. The number of nitrogens with one attached hydrogen (secondary N) is 1. The molecule has 2 rings (SSSR count). The molecule has 0 saturated heterocycles. The van der Waals surface area contributed by atoms with Gasteiger partial charge < -0.3 is 10.2 Å². The summed E-state index contributed by atoms with van der Waals surface area (Å²) >= 11 is 0. The quantitative estimate of drug-likeness (QED) is 0.671. The lowest BCUT2D eigenvalue weighted by molar-refractivity contribution is -0.122. The highest BCUT2D eigenvalue weighted by atomic mass is 16.2. The second-order valence-corrected chi connectivity index (χ2v) is 7.17. The van der Waals surface area contributed by atoms with Crippen molar-refractivity contribution in [2.24, 2.45) is 0 Å². The number of aryl methyl sites for hydroxylation is 1. The number of rotatable bonds is 9. The molecule has 0 atom stereocenters. The predicted molar refractivity (Wildman–Crippen MR) is 110 cm³/mol. The number of aromatic nitrogens is 2. The van der Waals surface area contributed by atoms with Gasteiger partial charge in [-0.2, -0.15) is 5.10 Å². The Morgan fingerprint density at radius 3 is 2.43 bits per heavy atom. The fourth-order valence-electron chi connectivity index (χ4n) is 3.07. The minimum absolute atomic E-state index is 0.000680. The number of carbonyl (C=O) groups excluding carboxylic acids is 2. The summed E-state index contributed by atoms with van der Waals surface area (Å²) in [7, 11) is 0. The van der Waals surface area contributed by atoms with Crippen LogP contribution < -0.4 is 10.9 Å². The largest absolute Gasteiger partial charge is 0.352 e. The monoisotopic (exact) mass is 386 g/mol. The van der Waals surface area contributed by atoms with Crippen LogP contribution in [0, 0.1) is 0 Å². The van der Waals surface area contributed by atoms with Gasteiger partial charge in [0, 0.05) is 24.5 Å². The molecule has 2 amide bonds. The molecule has 0 unspecified atom stereocenters. The van der Waals surface area contributed by atoms with E-state index in [1.54, 1.807) is 24.3 Å². The SMILES string of the molecule is CCCCCn1nc(C(=O)N(CC)CC(=O)NC(C)C)c2ccccc2c1=O. The highest BCUT2D eigenvalue weighted by Crippen LogP contribution is 2.15. The van der Waals surface area contributed by atoms with Crippen LogP contribution in [0.25, 0.3) is 10.8 Å². The van der Waals surface area contributed by atoms with Crippen molar-refractivity contribution in [3.63, 3.8) is 0 Å². The van der Waals surface area contributed by atoms with Gasteiger partial charge >= 0.3 is 0 Å². The van der Waals surface area contributed by atoms with E-state index < -0.39 is 0 Å². The zero-order valence-electron chi connectivity index (χ0n) is 17.2. The molecule has 0 bridgehead atoms. The van der Waals surface area contributed by atoms with Crippen LogP contribution in [0.1, 0.15) is 57.4 Å². The molecular weight excluding hydrogens is 356 g/mol. The van der Waals surface area contributed by atoms with Crippen LogP contribution in [0.5, 0.6) is 0 Å². The molecule has 0 aliphatic carbocycles. The number of amides is 2. The van der Waals surface area contributed by atoms with Gasteiger partial charge in [0.25, 0.3) is 11.5 Å². The molecule has 1 heterocycles.